The average Bonchev–Trinajstić information content (AvgIpc) is 2.61. The molecule has 3 heteroatoms. The van der Waals surface area contributed by atoms with Crippen LogP contribution in [0.1, 0.15) is 47.0 Å². The van der Waals surface area contributed by atoms with E-state index in [0.29, 0.717) is 6.61 Å². The van der Waals surface area contributed by atoms with Crippen molar-refractivity contribution in [3.05, 3.63) is 60.7 Å². The molecule has 2 rings (SSSR count). The van der Waals surface area contributed by atoms with Gasteiger partial charge in [-0.25, -0.2) is 0 Å². The van der Waals surface area contributed by atoms with Crippen LogP contribution >= 0.6 is 0 Å². The Morgan fingerprint density at radius 2 is 1.40 bits per heavy atom. The summed E-state index contributed by atoms with van der Waals surface area (Å²) < 4.78 is 6.84. The molecule has 0 amide bonds. The number of rotatable bonds is 8. The van der Waals surface area contributed by atoms with Crippen LogP contribution in [0, 0.1) is 0 Å². The second-order valence-electron chi connectivity index (χ2n) is 7.88. The molecule has 2 aromatic rings. The van der Waals surface area contributed by atoms with E-state index in [0.717, 1.165) is 12.8 Å². The lowest BCUT2D eigenvalue weighted by Crippen LogP contribution is -2.67. The van der Waals surface area contributed by atoms with Crippen molar-refractivity contribution in [2.75, 3.05) is 6.61 Å². The first kappa shape index (κ1) is 19.9. The predicted molar refractivity (Wildman–Crippen MR) is 111 cm³/mol. The molecule has 0 aliphatic rings. The Kier molecular flexibility index (Phi) is 7.00. The zero-order valence-corrected chi connectivity index (χ0v) is 17.2. The van der Waals surface area contributed by atoms with E-state index >= 15 is 0 Å². The fourth-order valence-electron chi connectivity index (χ4n) is 3.54. The number of hydrogen-bond acceptors (Lipinski definition) is 2. The second-order valence-corrected chi connectivity index (χ2v) is 12.2. The summed E-state index contributed by atoms with van der Waals surface area (Å²) in [6, 6.07) is 21.6. The van der Waals surface area contributed by atoms with Gasteiger partial charge in [0, 0.05) is 12.6 Å². The summed E-state index contributed by atoms with van der Waals surface area (Å²) in [4.78, 5) is 0. The van der Waals surface area contributed by atoms with Crippen LogP contribution in [0.3, 0.4) is 0 Å². The zero-order chi connectivity index (χ0) is 18.3. The maximum absolute atomic E-state index is 6.84. The van der Waals surface area contributed by atoms with Crippen molar-refractivity contribution in [3.8, 4) is 0 Å². The molecule has 0 saturated carbocycles. The van der Waals surface area contributed by atoms with Gasteiger partial charge in [0.05, 0.1) is 0 Å². The van der Waals surface area contributed by atoms with Crippen molar-refractivity contribution in [1.29, 1.82) is 0 Å². The first-order chi connectivity index (χ1) is 11.9. The molecule has 0 heterocycles. The molecule has 0 radical (unpaired) electrons. The molecule has 0 fully saturated rings. The minimum Gasteiger partial charge on any atom is -0.406 e. The average molecular weight is 356 g/mol. The van der Waals surface area contributed by atoms with Crippen LogP contribution in [0.5, 0.6) is 0 Å². The van der Waals surface area contributed by atoms with Crippen molar-refractivity contribution in [2.24, 2.45) is 5.73 Å². The number of unbranched alkanes of at least 4 members (excludes halogenated alkanes) is 1. The fourth-order valence-corrected chi connectivity index (χ4v) is 8.16. The standard InChI is InChI=1S/C22H33NOSi/c1-5-6-13-19(23)18-24-25(22(2,3)4,20-14-9-7-10-15-20)21-16-11-8-12-17-21/h7-12,14-17,19H,5-6,13,18,23H2,1-4H3/t19-/m0/s1. The molecular formula is C22H33NOSi. The van der Waals surface area contributed by atoms with E-state index < -0.39 is 8.32 Å². The Morgan fingerprint density at radius 3 is 1.80 bits per heavy atom. The molecule has 25 heavy (non-hydrogen) atoms. The summed E-state index contributed by atoms with van der Waals surface area (Å²) in [6.07, 6.45) is 3.35. The first-order valence-electron chi connectivity index (χ1n) is 9.42. The molecule has 0 bridgehead atoms. The van der Waals surface area contributed by atoms with Gasteiger partial charge in [-0.3, -0.25) is 0 Å². The number of nitrogens with two attached hydrogens (primary N) is 1. The minimum absolute atomic E-state index is 0.0141. The predicted octanol–water partition coefficient (Wildman–Crippen LogP) is 4.08. The highest BCUT2D eigenvalue weighted by molar-refractivity contribution is 6.99. The Morgan fingerprint density at radius 1 is 0.920 bits per heavy atom. The third kappa shape index (κ3) is 4.60. The van der Waals surface area contributed by atoms with Gasteiger partial charge >= 0.3 is 0 Å². The van der Waals surface area contributed by atoms with Crippen molar-refractivity contribution in [1.82, 2.24) is 0 Å². The van der Waals surface area contributed by atoms with Gasteiger partial charge in [0.25, 0.3) is 8.32 Å². The third-order valence-corrected chi connectivity index (χ3v) is 9.86. The summed E-state index contributed by atoms with van der Waals surface area (Å²) in [5.74, 6) is 0. The Balaban J connectivity index is 2.46. The van der Waals surface area contributed by atoms with Crippen LogP contribution < -0.4 is 16.1 Å². The highest BCUT2D eigenvalue weighted by atomic mass is 28.4. The normalized spacial score (nSPS) is 13.6. The molecule has 1 atom stereocenters. The summed E-state index contributed by atoms with van der Waals surface area (Å²) in [5, 5.41) is 2.65. The molecular weight excluding hydrogens is 322 g/mol. The van der Waals surface area contributed by atoms with E-state index in [1.165, 1.54) is 16.8 Å². The molecule has 0 aromatic heterocycles. The largest absolute Gasteiger partial charge is 0.406 e. The summed E-state index contributed by atoms with van der Waals surface area (Å²) in [6.45, 7) is 9.73. The molecule has 0 unspecified atom stereocenters. The zero-order valence-electron chi connectivity index (χ0n) is 16.2. The number of benzene rings is 2. The van der Waals surface area contributed by atoms with Gasteiger partial charge in [0.2, 0.25) is 0 Å². The maximum Gasteiger partial charge on any atom is 0.261 e. The van der Waals surface area contributed by atoms with Crippen molar-refractivity contribution >= 4 is 18.7 Å². The monoisotopic (exact) mass is 355 g/mol. The maximum atomic E-state index is 6.84. The van der Waals surface area contributed by atoms with Crippen LogP contribution in [0.25, 0.3) is 0 Å². The summed E-state index contributed by atoms with van der Waals surface area (Å²) in [7, 11) is -2.43. The van der Waals surface area contributed by atoms with Crippen LogP contribution in [-0.2, 0) is 4.43 Å². The van der Waals surface area contributed by atoms with E-state index in [9.17, 15) is 0 Å². The lowest BCUT2D eigenvalue weighted by atomic mass is 10.1. The van der Waals surface area contributed by atoms with Gasteiger partial charge < -0.3 is 10.2 Å². The Bertz CT molecular complexity index is 582. The topological polar surface area (TPSA) is 35.2 Å². The molecule has 0 spiro atoms. The van der Waals surface area contributed by atoms with Gasteiger partial charge in [-0.2, -0.15) is 0 Å². The van der Waals surface area contributed by atoms with Gasteiger partial charge in [-0.15, -0.1) is 0 Å². The minimum atomic E-state index is -2.43. The van der Waals surface area contributed by atoms with Gasteiger partial charge in [0.1, 0.15) is 0 Å². The van der Waals surface area contributed by atoms with Crippen molar-refractivity contribution < 1.29 is 4.43 Å². The molecule has 0 aliphatic carbocycles. The lowest BCUT2D eigenvalue weighted by molar-refractivity contribution is 0.264. The molecule has 136 valence electrons. The van der Waals surface area contributed by atoms with E-state index in [1.807, 2.05) is 0 Å². The highest BCUT2D eigenvalue weighted by Gasteiger charge is 2.50. The SMILES string of the molecule is CCCC[C@H](N)CO[Si](c1ccccc1)(c1ccccc1)C(C)(C)C. The fraction of sp³-hybridized carbons (Fsp3) is 0.455. The quantitative estimate of drug-likeness (QED) is 0.724. The van der Waals surface area contributed by atoms with Gasteiger partial charge in [-0.05, 0) is 21.8 Å². The van der Waals surface area contributed by atoms with Gasteiger partial charge in [-0.1, -0.05) is 101 Å². The summed E-state index contributed by atoms with van der Waals surface area (Å²) in [5.41, 5.74) is 6.36. The van der Waals surface area contributed by atoms with E-state index in [1.54, 1.807) is 0 Å². The van der Waals surface area contributed by atoms with Gasteiger partial charge in [0.15, 0.2) is 0 Å². The molecule has 0 aliphatic heterocycles. The lowest BCUT2D eigenvalue weighted by Gasteiger charge is -2.43. The van der Waals surface area contributed by atoms with Crippen LogP contribution in [-0.4, -0.2) is 21.0 Å². The van der Waals surface area contributed by atoms with E-state index in [-0.39, 0.29) is 11.1 Å². The molecule has 2 nitrogen and oxygen atoms in total. The van der Waals surface area contributed by atoms with E-state index in [2.05, 4.69) is 88.4 Å². The highest BCUT2D eigenvalue weighted by Crippen LogP contribution is 2.36. The van der Waals surface area contributed by atoms with Crippen LogP contribution in [0.15, 0.2) is 60.7 Å². The van der Waals surface area contributed by atoms with Crippen molar-refractivity contribution in [3.63, 3.8) is 0 Å². The second kappa shape index (κ2) is 8.79. The third-order valence-electron chi connectivity index (χ3n) is 4.86. The first-order valence-corrected chi connectivity index (χ1v) is 11.3. The Labute approximate surface area is 154 Å². The van der Waals surface area contributed by atoms with Crippen LogP contribution in [0.2, 0.25) is 5.04 Å². The molecule has 2 N–H and O–H groups in total. The van der Waals surface area contributed by atoms with Crippen LogP contribution in [0.4, 0.5) is 0 Å². The molecule has 0 saturated heterocycles. The summed E-state index contributed by atoms with van der Waals surface area (Å²) >= 11 is 0. The van der Waals surface area contributed by atoms with Crippen molar-refractivity contribution in [2.45, 2.75) is 58.0 Å². The molecule has 2 aromatic carbocycles. The smallest absolute Gasteiger partial charge is 0.261 e. The number of hydrogen-bond donors (Lipinski definition) is 1. The Hall–Kier alpha value is -1.42. The van der Waals surface area contributed by atoms with E-state index in [4.69, 9.17) is 10.2 Å².